The second-order valence-corrected chi connectivity index (χ2v) is 8.46. The molecule has 1 unspecified atom stereocenters. The van der Waals surface area contributed by atoms with Gasteiger partial charge in [-0.1, -0.05) is 85.4 Å². The number of esters is 1. The lowest BCUT2D eigenvalue weighted by Crippen LogP contribution is -2.77. The Hall–Kier alpha value is -4.23. The SMILES string of the molecule is C=C1CO[C@@H]2[C@H](NC(=O)c3ccccc3)C(=O)N2C1C(=O)OC(c1ccccc1)c1ccccc1. The van der Waals surface area contributed by atoms with Gasteiger partial charge in [-0.2, -0.15) is 0 Å². The van der Waals surface area contributed by atoms with Gasteiger partial charge in [-0.3, -0.25) is 14.5 Å². The molecule has 2 saturated heterocycles. The van der Waals surface area contributed by atoms with Gasteiger partial charge in [0.1, 0.15) is 0 Å². The molecule has 7 heteroatoms. The van der Waals surface area contributed by atoms with Crippen molar-refractivity contribution in [2.75, 3.05) is 6.61 Å². The van der Waals surface area contributed by atoms with Gasteiger partial charge in [-0.05, 0) is 28.8 Å². The summed E-state index contributed by atoms with van der Waals surface area (Å²) in [7, 11) is 0. The van der Waals surface area contributed by atoms with E-state index < -0.39 is 36.3 Å². The second kappa shape index (κ2) is 9.56. The molecule has 3 aromatic carbocycles. The molecule has 0 saturated carbocycles. The Bertz CT molecular complexity index is 1210. The van der Waals surface area contributed by atoms with Crippen LogP contribution in [0.25, 0.3) is 0 Å². The summed E-state index contributed by atoms with van der Waals surface area (Å²) in [4.78, 5) is 40.3. The van der Waals surface area contributed by atoms with Crippen LogP contribution < -0.4 is 5.32 Å². The van der Waals surface area contributed by atoms with E-state index in [9.17, 15) is 14.4 Å². The Morgan fingerprint density at radius 2 is 1.46 bits per heavy atom. The molecule has 3 atom stereocenters. The first-order valence-electron chi connectivity index (χ1n) is 11.3. The first kappa shape index (κ1) is 22.6. The normalized spacial score (nSPS) is 21.2. The minimum atomic E-state index is -0.999. The van der Waals surface area contributed by atoms with Gasteiger partial charge in [0.25, 0.3) is 11.8 Å². The fraction of sp³-hybridized carbons (Fsp3) is 0.179. The van der Waals surface area contributed by atoms with E-state index in [0.29, 0.717) is 11.1 Å². The summed E-state index contributed by atoms with van der Waals surface area (Å²) in [6, 6.07) is 25.6. The number of rotatable bonds is 6. The zero-order chi connectivity index (χ0) is 24.4. The zero-order valence-corrected chi connectivity index (χ0v) is 18.9. The van der Waals surface area contributed by atoms with Gasteiger partial charge in [-0.15, -0.1) is 0 Å². The number of nitrogens with one attached hydrogen (secondary N) is 1. The van der Waals surface area contributed by atoms with Gasteiger partial charge in [0.2, 0.25) is 0 Å². The molecule has 176 valence electrons. The van der Waals surface area contributed by atoms with Crippen molar-refractivity contribution in [1.29, 1.82) is 0 Å². The van der Waals surface area contributed by atoms with Gasteiger partial charge >= 0.3 is 5.97 Å². The van der Waals surface area contributed by atoms with Gasteiger partial charge in [0.15, 0.2) is 24.4 Å². The van der Waals surface area contributed by atoms with E-state index in [1.165, 1.54) is 4.90 Å². The van der Waals surface area contributed by atoms with Crippen LogP contribution in [0.15, 0.2) is 103 Å². The van der Waals surface area contributed by atoms with Gasteiger partial charge in [0.05, 0.1) is 6.61 Å². The minimum Gasteiger partial charge on any atom is -0.451 e. The predicted molar refractivity (Wildman–Crippen MR) is 128 cm³/mol. The quantitative estimate of drug-likeness (QED) is 0.341. The highest BCUT2D eigenvalue weighted by Gasteiger charge is 2.57. The fourth-order valence-corrected chi connectivity index (χ4v) is 4.40. The summed E-state index contributed by atoms with van der Waals surface area (Å²) in [5.74, 6) is -1.40. The van der Waals surface area contributed by atoms with E-state index in [1.807, 2.05) is 60.7 Å². The summed E-state index contributed by atoms with van der Waals surface area (Å²) in [5.41, 5.74) is 2.48. The number of β-lactam (4-membered cyclic amide) rings is 1. The van der Waals surface area contributed by atoms with Gasteiger partial charge < -0.3 is 14.8 Å². The Balaban J connectivity index is 1.34. The van der Waals surface area contributed by atoms with Crippen molar-refractivity contribution in [3.63, 3.8) is 0 Å². The van der Waals surface area contributed by atoms with Gasteiger partial charge in [-0.25, -0.2) is 4.79 Å². The maximum atomic E-state index is 13.4. The maximum absolute atomic E-state index is 13.4. The molecular weight excluding hydrogens is 444 g/mol. The minimum absolute atomic E-state index is 0.0766. The van der Waals surface area contributed by atoms with Crippen LogP contribution >= 0.6 is 0 Å². The van der Waals surface area contributed by atoms with Crippen molar-refractivity contribution in [2.45, 2.75) is 24.4 Å². The van der Waals surface area contributed by atoms with Crippen molar-refractivity contribution in [2.24, 2.45) is 0 Å². The average Bonchev–Trinajstić information content (AvgIpc) is 2.91. The Morgan fingerprint density at radius 3 is 2.03 bits per heavy atom. The molecule has 5 rings (SSSR count). The summed E-state index contributed by atoms with van der Waals surface area (Å²) in [6.45, 7) is 4.03. The molecule has 1 N–H and O–H groups in total. The number of hydrogen-bond donors (Lipinski definition) is 1. The Morgan fingerprint density at radius 1 is 0.914 bits per heavy atom. The largest absolute Gasteiger partial charge is 0.451 e. The molecule has 2 amide bonds. The van der Waals surface area contributed by atoms with E-state index in [-0.39, 0.29) is 12.5 Å². The van der Waals surface area contributed by atoms with Crippen LogP contribution in [0.1, 0.15) is 27.6 Å². The molecular formula is C28H24N2O5. The van der Waals surface area contributed by atoms with Crippen LogP contribution in [0.4, 0.5) is 0 Å². The van der Waals surface area contributed by atoms with E-state index >= 15 is 0 Å². The number of carbonyl (C=O) groups is 3. The number of amides is 2. The van der Waals surface area contributed by atoms with Crippen molar-refractivity contribution >= 4 is 17.8 Å². The van der Waals surface area contributed by atoms with Crippen LogP contribution in [0.5, 0.6) is 0 Å². The first-order valence-corrected chi connectivity index (χ1v) is 11.3. The van der Waals surface area contributed by atoms with Gasteiger partial charge in [0, 0.05) is 5.56 Å². The van der Waals surface area contributed by atoms with Crippen LogP contribution in [-0.4, -0.2) is 47.6 Å². The summed E-state index contributed by atoms with van der Waals surface area (Å²) in [6.07, 6.45) is -1.42. The molecule has 0 spiro atoms. The standard InChI is InChI=1S/C28H24N2O5/c1-18-17-34-27-22(29-25(31)21-15-9-4-10-16-21)26(32)30(27)23(18)28(33)35-24(19-11-5-2-6-12-19)20-13-7-3-8-14-20/h2-16,22-24,27H,1,17H2,(H,29,31)/t22-,23?,27-/m1/s1. The van der Waals surface area contributed by atoms with Crippen molar-refractivity contribution < 1.29 is 23.9 Å². The average molecular weight is 469 g/mol. The van der Waals surface area contributed by atoms with Crippen LogP contribution in [-0.2, 0) is 19.1 Å². The Kier molecular flexibility index (Phi) is 6.16. The number of nitrogens with zero attached hydrogens (tertiary/aromatic N) is 1. The van der Waals surface area contributed by atoms with Crippen LogP contribution in [0, 0.1) is 0 Å². The topological polar surface area (TPSA) is 84.9 Å². The third-order valence-corrected chi connectivity index (χ3v) is 6.17. The molecule has 3 aromatic rings. The van der Waals surface area contributed by atoms with E-state index in [2.05, 4.69) is 11.9 Å². The van der Waals surface area contributed by atoms with Crippen LogP contribution in [0.2, 0.25) is 0 Å². The van der Waals surface area contributed by atoms with Crippen LogP contribution in [0.3, 0.4) is 0 Å². The lowest BCUT2D eigenvalue weighted by atomic mass is 9.94. The first-order chi connectivity index (χ1) is 17.0. The third-order valence-electron chi connectivity index (χ3n) is 6.17. The molecule has 35 heavy (non-hydrogen) atoms. The number of ether oxygens (including phenoxy) is 2. The smallest absolute Gasteiger partial charge is 0.334 e. The third kappa shape index (κ3) is 4.34. The van der Waals surface area contributed by atoms with E-state index in [0.717, 1.165) is 11.1 Å². The number of carbonyl (C=O) groups excluding carboxylic acids is 3. The predicted octanol–water partition coefficient (Wildman–Crippen LogP) is 3.24. The molecule has 0 aromatic heterocycles. The summed E-state index contributed by atoms with van der Waals surface area (Å²) >= 11 is 0. The van der Waals surface area contributed by atoms with E-state index in [1.54, 1.807) is 30.3 Å². The second-order valence-electron chi connectivity index (χ2n) is 8.46. The lowest BCUT2D eigenvalue weighted by molar-refractivity contribution is -0.204. The van der Waals surface area contributed by atoms with E-state index in [4.69, 9.17) is 9.47 Å². The lowest BCUT2D eigenvalue weighted by Gasteiger charge is -2.52. The number of fused-ring (bicyclic) bond motifs is 1. The van der Waals surface area contributed by atoms with Crippen molar-refractivity contribution in [3.05, 3.63) is 120 Å². The number of benzene rings is 3. The maximum Gasteiger partial charge on any atom is 0.334 e. The molecule has 0 aliphatic carbocycles. The zero-order valence-electron chi connectivity index (χ0n) is 18.9. The molecule has 2 fully saturated rings. The highest BCUT2D eigenvalue weighted by atomic mass is 16.6. The molecule has 0 radical (unpaired) electrons. The van der Waals surface area contributed by atoms with Crippen molar-refractivity contribution in [3.8, 4) is 0 Å². The monoisotopic (exact) mass is 468 g/mol. The molecule has 7 nitrogen and oxygen atoms in total. The highest BCUT2D eigenvalue weighted by molar-refractivity contribution is 6.01. The number of hydrogen-bond acceptors (Lipinski definition) is 5. The Labute approximate surface area is 203 Å². The summed E-state index contributed by atoms with van der Waals surface area (Å²) in [5, 5.41) is 2.71. The molecule has 0 bridgehead atoms. The molecule has 2 aliphatic rings. The van der Waals surface area contributed by atoms with Crippen molar-refractivity contribution in [1.82, 2.24) is 10.2 Å². The highest BCUT2D eigenvalue weighted by Crippen LogP contribution is 2.35. The molecule has 2 aliphatic heterocycles. The fourth-order valence-electron chi connectivity index (χ4n) is 4.40. The summed E-state index contributed by atoms with van der Waals surface area (Å²) < 4.78 is 11.7. The molecule has 2 heterocycles.